The maximum absolute atomic E-state index is 13.7. The summed E-state index contributed by atoms with van der Waals surface area (Å²) >= 11 is 0. The Kier molecular flexibility index (Phi) is 6.13. The highest BCUT2D eigenvalue weighted by Crippen LogP contribution is 2.32. The van der Waals surface area contributed by atoms with E-state index in [1.807, 2.05) is 29.8 Å². The lowest BCUT2D eigenvalue weighted by Crippen LogP contribution is -2.18. The van der Waals surface area contributed by atoms with Crippen LogP contribution in [0.25, 0.3) is 27.8 Å². The lowest BCUT2D eigenvalue weighted by Gasteiger charge is -2.16. The molecule has 2 bridgehead atoms. The van der Waals surface area contributed by atoms with E-state index in [0.717, 1.165) is 35.0 Å². The van der Waals surface area contributed by atoms with E-state index in [2.05, 4.69) is 26.8 Å². The average Bonchev–Trinajstić information content (AvgIpc) is 3.58. The second kappa shape index (κ2) is 9.53. The second-order valence-electron chi connectivity index (χ2n) is 10.3. The van der Waals surface area contributed by atoms with Crippen molar-refractivity contribution in [3.05, 3.63) is 54.4 Å². The number of nitrogens with one attached hydrogen (secondary N) is 1. The summed E-state index contributed by atoms with van der Waals surface area (Å²) in [7, 11) is -0.489. The molecule has 0 spiro atoms. The van der Waals surface area contributed by atoms with Gasteiger partial charge in [-0.1, -0.05) is 6.92 Å². The van der Waals surface area contributed by atoms with E-state index in [-0.39, 0.29) is 11.8 Å². The first kappa shape index (κ1) is 25.1. The van der Waals surface area contributed by atoms with Crippen LogP contribution in [0.15, 0.2) is 53.2 Å². The van der Waals surface area contributed by atoms with Crippen molar-refractivity contribution in [3.63, 3.8) is 0 Å². The Labute approximate surface area is 226 Å². The van der Waals surface area contributed by atoms with Gasteiger partial charge in [-0.05, 0) is 55.2 Å². The normalized spacial score (nSPS) is 16.6. The van der Waals surface area contributed by atoms with Gasteiger partial charge < -0.3 is 9.30 Å². The van der Waals surface area contributed by atoms with Gasteiger partial charge in [-0.2, -0.15) is 14.6 Å². The molecule has 4 aromatic heterocycles. The van der Waals surface area contributed by atoms with Crippen LogP contribution < -0.4 is 10.1 Å². The Balaban J connectivity index is 1.50. The number of ether oxygens (including phenoxy) is 1. The van der Waals surface area contributed by atoms with Crippen molar-refractivity contribution >= 4 is 43.8 Å². The van der Waals surface area contributed by atoms with Gasteiger partial charge in [0.05, 0.1) is 52.5 Å². The lowest BCUT2D eigenvalue weighted by molar-refractivity contribution is 0.102. The third kappa shape index (κ3) is 4.87. The van der Waals surface area contributed by atoms with Gasteiger partial charge >= 0.3 is 0 Å². The van der Waals surface area contributed by atoms with Gasteiger partial charge in [-0.15, -0.1) is 0 Å². The molecule has 5 heterocycles. The van der Waals surface area contributed by atoms with Crippen molar-refractivity contribution in [2.24, 2.45) is 17.3 Å². The molecule has 1 aliphatic rings. The number of anilines is 1. The summed E-state index contributed by atoms with van der Waals surface area (Å²) < 4.78 is 28.4. The molecule has 5 aromatic rings. The van der Waals surface area contributed by atoms with Gasteiger partial charge in [0, 0.05) is 41.4 Å². The van der Waals surface area contributed by atoms with Crippen LogP contribution in [-0.2, 0) is 23.3 Å². The summed E-state index contributed by atoms with van der Waals surface area (Å²) in [6.45, 7) is 3.33. The van der Waals surface area contributed by atoms with Crippen LogP contribution >= 0.6 is 0 Å². The molecule has 0 radical (unpaired) electrons. The summed E-state index contributed by atoms with van der Waals surface area (Å²) in [5, 5.41) is 11.9. The number of hydrogen-bond donors (Lipinski definition) is 1. The van der Waals surface area contributed by atoms with E-state index < -0.39 is 9.73 Å². The Morgan fingerprint density at radius 1 is 1.15 bits per heavy atom. The number of benzene rings is 1. The lowest BCUT2D eigenvalue weighted by atomic mass is 10.1. The van der Waals surface area contributed by atoms with E-state index in [9.17, 15) is 9.00 Å². The van der Waals surface area contributed by atoms with Gasteiger partial charge in [0.2, 0.25) is 11.8 Å². The highest BCUT2D eigenvalue weighted by molar-refractivity contribution is 7.92. The Hall–Kier alpha value is -4.19. The van der Waals surface area contributed by atoms with Gasteiger partial charge in [0.1, 0.15) is 0 Å². The molecule has 0 fully saturated rings. The molecular weight excluding hydrogens is 516 g/mol. The number of aryl methyl sites for hydroxylation is 1. The van der Waals surface area contributed by atoms with E-state index in [1.165, 1.54) is 0 Å². The van der Waals surface area contributed by atoms with Crippen LogP contribution in [0.4, 0.5) is 11.6 Å². The number of amides is 1. The summed E-state index contributed by atoms with van der Waals surface area (Å²) in [6, 6.07) is 11.0. The molecule has 202 valence electrons. The maximum Gasteiger partial charge on any atom is 0.258 e. The summed E-state index contributed by atoms with van der Waals surface area (Å²) in [4.78, 5) is 18.4. The second-order valence-corrected chi connectivity index (χ2v) is 12.9. The minimum absolute atomic E-state index is 0.268. The number of pyridine rings is 1. The summed E-state index contributed by atoms with van der Waals surface area (Å²) in [6.07, 6.45) is 8.39. The third-order valence-corrected chi connectivity index (χ3v) is 7.43. The van der Waals surface area contributed by atoms with Gasteiger partial charge in [0.15, 0.2) is 0 Å². The number of rotatable bonds is 1. The number of carbonyl (C=O) groups is 1. The molecular formula is C27H30N8O3S. The molecule has 6 rings (SSSR count). The first-order chi connectivity index (χ1) is 18.7. The molecule has 39 heavy (non-hydrogen) atoms. The van der Waals surface area contributed by atoms with Gasteiger partial charge in [-0.3, -0.25) is 10.1 Å². The van der Waals surface area contributed by atoms with Gasteiger partial charge in [0.25, 0.3) is 5.91 Å². The minimum atomic E-state index is -2.33. The molecule has 1 N–H and O–H groups in total. The molecule has 0 unspecified atom stereocenters. The topological polar surface area (TPSA) is 121 Å². The van der Waals surface area contributed by atoms with Crippen LogP contribution in [-0.4, -0.2) is 58.2 Å². The number of fused-ring (bicyclic) bond motifs is 9. The standard InChI is InChI=1S/C27H30N8O3S/c1-17-6-5-11-38-26-21(15-29-33(26)2)23-13-18(12-20-9-10-28-35(20)23)25(36)31-27-30-22-8-7-19(32-39(3,4)37)14-24(22)34(27)16-17/h7-10,12-15,17H,5-6,11,16H2,1-4H3,(H,30,31,36)/t17-/m1/s1. The molecule has 1 aromatic carbocycles. The van der Waals surface area contributed by atoms with Crippen LogP contribution in [0.1, 0.15) is 30.1 Å². The predicted molar refractivity (Wildman–Crippen MR) is 151 cm³/mol. The van der Waals surface area contributed by atoms with Crippen molar-refractivity contribution in [1.29, 1.82) is 0 Å². The minimum Gasteiger partial charge on any atom is -0.477 e. The zero-order chi connectivity index (χ0) is 27.3. The first-order valence-electron chi connectivity index (χ1n) is 12.8. The molecule has 1 atom stereocenters. The smallest absolute Gasteiger partial charge is 0.258 e. The van der Waals surface area contributed by atoms with E-state index >= 15 is 0 Å². The van der Waals surface area contributed by atoms with Crippen molar-refractivity contribution in [3.8, 4) is 17.1 Å². The summed E-state index contributed by atoms with van der Waals surface area (Å²) in [5.74, 6) is 1.06. The number of hydrogen-bond acceptors (Lipinski definition) is 7. The molecule has 1 amide bonds. The van der Waals surface area contributed by atoms with Crippen LogP contribution in [0.3, 0.4) is 0 Å². The predicted octanol–water partition coefficient (Wildman–Crippen LogP) is 4.50. The Morgan fingerprint density at radius 2 is 2.00 bits per heavy atom. The van der Waals surface area contributed by atoms with Crippen LogP contribution in [0, 0.1) is 5.92 Å². The third-order valence-electron chi connectivity index (χ3n) is 6.77. The number of aromatic nitrogens is 6. The van der Waals surface area contributed by atoms with Crippen molar-refractivity contribution in [1.82, 2.24) is 28.9 Å². The quantitative estimate of drug-likeness (QED) is 0.330. The zero-order valence-electron chi connectivity index (χ0n) is 22.3. The fraction of sp³-hybridized carbons (Fsp3) is 0.333. The van der Waals surface area contributed by atoms with Crippen molar-refractivity contribution < 1.29 is 13.7 Å². The van der Waals surface area contributed by atoms with Crippen LogP contribution in [0.2, 0.25) is 0 Å². The molecule has 12 heteroatoms. The van der Waals surface area contributed by atoms with Gasteiger partial charge in [-0.25, -0.2) is 18.4 Å². The Morgan fingerprint density at radius 3 is 2.82 bits per heavy atom. The summed E-state index contributed by atoms with van der Waals surface area (Å²) in [5.41, 5.74) is 4.87. The van der Waals surface area contributed by atoms with E-state index in [4.69, 9.17) is 9.72 Å². The fourth-order valence-electron chi connectivity index (χ4n) is 5.01. The number of nitrogens with zero attached hydrogens (tertiary/aromatic N) is 7. The number of imidazole rings is 1. The molecule has 0 saturated carbocycles. The monoisotopic (exact) mass is 546 g/mol. The first-order valence-corrected chi connectivity index (χ1v) is 15.1. The van der Waals surface area contributed by atoms with Crippen LogP contribution in [0.5, 0.6) is 5.88 Å². The zero-order valence-corrected chi connectivity index (χ0v) is 23.1. The average molecular weight is 547 g/mol. The maximum atomic E-state index is 13.7. The fourth-order valence-corrected chi connectivity index (χ4v) is 5.63. The molecule has 0 saturated heterocycles. The largest absolute Gasteiger partial charge is 0.477 e. The molecule has 1 aliphatic heterocycles. The molecule has 0 aliphatic carbocycles. The Bertz CT molecular complexity index is 1850. The number of carbonyl (C=O) groups excluding carboxylic acids is 1. The SMILES string of the molecule is C[C@@H]1CCCOc2c(cnn2C)-c2cc(cc3ccnn23)C(=O)Nc2nc3ccc(N=S(C)(C)=O)cc3n2C1. The van der Waals surface area contributed by atoms with Crippen molar-refractivity contribution in [2.45, 2.75) is 26.3 Å². The van der Waals surface area contributed by atoms with Crippen molar-refractivity contribution in [2.75, 3.05) is 24.4 Å². The highest BCUT2D eigenvalue weighted by atomic mass is 32.2. The highest BCUT2D eigenvalue weighted by Gasteiger charge is 2.22. The van der Waals surface area contributed by atoms with E-state index in [0.29, 0.717) is 41.9 Å². The molecule has 11 nitrogen and oxygen atoms in total. The van der Waals surface area contributed by atoms with E-state index in [1.54, 1.807) is 52.3 Å².